The fraction of sp³-hybridized carbons (Fsp3) is 0.263. The molecule has 3 aromatic rings. The summed E-state index contributed by atoms with van der Waals surface area (Å²) in [6.07, 6.45) is 0.695. The van der Waals surface area contributed by atoms with Crippen molar-refractivity contribution in [1.29, 1.82) is 0 Å². The number of benzene rings is 2. The van der Waals surface area contributed by atoms with Crippen LogP contribution in [-0.4, -0.2) is 30.3 Å². The summed E-state index contributed by atoms with van der Waals surface area (Å²) in [4.78, 5) is 17.6. The Bertz CT molecular complexity index is 950. The second kappa shape index (κ2) is 7.36. The zero-order valence-corrected chi connectivity index (χ0v) is 14.4. The van der Waals surface area contributed by atoms with Gasteiger partial charge in [0.15, 0.2) is 11.5 Å². The molecule has 25 heavy (non-hydrogen) atoms. The van der Waals surface area contributed by atoms with Crippen LogP contribution in [0.1, 0.15) is 6.42 Å². The number of ether oxygens (including phenoxy) is 2. The lowest BCUT2D eigenvalue weighted by molar-refractivity contribution is 0.355. The van der Waals surface area contributed by atoms with Crippen molar-refractivity contribution in [2.45, 2.75) is 13.0 Å². The number of hydrogen-bond acceptors (Lipinski definition) is 5. The van der Waals surface area contributed by atoms with Crippen molar-refractivity contribution < 1.29 is 9.47 Å². The lowest BCUT2D eigenvalue weighted by atomic mass is 10.1. The molecule has 0 aliphatic heterocycles. The lowest BCUT2D eigenvalue weighted by Gasteiger charge is -2.15. The molecule has 0 atom stereocenters. The van der Waals surface area contributed by atoms with Crippen molar-refractivity contribution in [3.05, 3.63) is 52.8 Å². The maximum atomic E-state index is 12.9. The van der Waals surface area contributed by atoms with Gasteiger partial charge in [0.1, 0.15) is 5.82 Å². The molecule has 0 fully saturated rings. The van der Waals surface area contributed by atoms with Gasteiger partial charge in [0, 0.05) is 12.1 Å². The van der Waals surface area contributed by atoms with Gasteiger partial charge >= 0.3 is 0 Å². The molecule has 2 aromatic carbocycles. The maximum Gasteiger partial charge on any atom is 0.261 e. The number of fused-ring (bicyclic) bond motifs is 1. The van der Waals surface area contributed by atoms with Gasteiger partial charge in [-0.15, -0.1) is 0 Å². The third kappa shape index (κ3) is 3.21. The number of rotatable bonds is 6. The molecule has 0 aliphatic rings. The molecule has 130 valence electrons. The van der Waals surface area contributed by atoms with Crippen molar-refractivity contribution >= 4 is 10.9 Å². The van der Waals surface area contributed by atoms with Crippen LogP contribution in [0.5, 0.6) is 11.5 Å². The quantitative estimate of drug-likeness (QED) is 0.746. The first-order chi connectivity index (χ1) is 12.2. The van der Waals surface area contributed by atoms with E-state index in [4.69, 9.17) is 20.2 Å². The van der Waals surface area contributed by atoms with E-state index in [1.54, 1.807) is 24.9 Å². The van der Waals surface area contributed by atoms with Gasteiger partial charge in [-0.05, 0) is 43.3 Å². The van der Waals surface area contributed by atoms with Crippen molar-refractivity contribution in [2.75, 3.05) is 20.8 Å². The average molecular weight is 339 g/mol. The van der Waals surface area contributed by atoms with Gasteiger partial charge in [-0.25, -0.2) is 4.98 Å². The smallest absolute Gasteiger partial charge is 0.261 e. The summed E-state index contributed by atoms with van der Waals surface area (Å²) in [6, 6.07) is 12.9. The average Bonchev–Trinajstić information content (AvgIpc) is 2.66. The van der Waals surface area contributed by atoms with E-state index in [9.17, 15) is 4.79 Å². The van der Waals surface area contributed by atoms with Crippen LogP contribution < -0.4 is 20.8 Å². The van der Waals surface area contributed by atoms with Gasteiger partial charge in [0.25, 0.3) is 5.56 Å². The molecule has 0 saturated heterocycles. The van der Waals surface area contributed by atoms with E-state index in [2.05, 4.69) is 0 Å². The summed E-state index contributed by atoms with van der Waals surface area (Å²) in [5, 5.41) is 0.601. The Morgan fingerprint density at radius 2 is 1.84 bits per heavy atom. The molecule has 0 radical (unpaired) electrons. The summed E-state index contributed by atoms with van der Waals surface area (Å²) in [5.41, 5.74) is 7.03. The first-order valence-electron chi connectivity index (χ1n) is 8.11. The minimum absolute atomic E-state index is 0.0659. The molecule has 0 aliphatic carbocycles. The standard InChI is InChI=1S/C19H21N3O3/c1-24-16-9-8-13(12-17(16)25-2)18-21-15-7-4-3-6-14(15)19(23)22(18)11-5-10-20/h3-4,6-9,12H,5,10-11,20H2,1-2H3. The molecule has 2 N–H and O–H groups in total. The zero-order valence-electron chi connectivity index (χ0n) is 14.4. The lowest BCUT2D eigenvalue weighted by Crippen LogP contribution is -2.24. The normalized spacial score (nSPS) is 10.8. The summed E-state index contributed by atoms with van der Waals surface area (Å²) >= 11 is 0. The molecular formula is C19H21N3O3. The Kier molecular flexibility index (Phi) is 5.00. The Hall–Kier alpha value is -2.86. The van der Waals surface area contributed by atoms with Crippen molar-refractivity contribution in [3.63, 3.8) is 0 Å². The molecule has 6 nitrogen and oxygen atoms in total. The van der Waals surface area contributed by atoms with E-state index < -0.39 is 0 Å². The summed E-state index contributed by atoms with van der Waals surface area (Å²) in [5.74, 6) is 1.81. The van der Waals surface area contributed by atoms with Crippen LogP contribution in [0.15, 0.2) is 47.3 Å². The Balaban J connectivity index is 2.25. The highest BCUT2D eigenvalue weighted by Crippen LogP contribution is 2.31. The Morgan fingerprint density at radius 1 is 1.08 bits per heavy atom. The van der Waals surface area contributed by atoms with Crippen LogP contribution in [0.3, 0.4) is 0 Å². The minimum atomic E-state index is -0.0659. The number of aromatic nitrogens is 2. The first kappa shape index (κ1) is 17.0. The molecule has 1 aromatic heterocycles. The van der Waals surface area contributed by atoms with Gasteiger partial charge in [-0.3, -0.25) is 9.36 Å². The second-order valence-corrected chi connectivity index (χ2v) is 5.62. The summed E-state index contributed by atoms with van der Waals surface area (Å²) in [6.45, 7) is 1.02. The number of nitrogens with two attached hydrogens (primary N) is 1. The second-order valence-electron chi connectivity index (χ2n) is 5.62. The van der Waals surface area contributed by atoms with Crippen molar-refractivity contribution in [2.24, 2.45) is 5.73 Å². The summed E-state index contributed by atoms with van der Waals surface area (Å²) in [7, 11) is 3.17. The number of hydrogen-bond donors (Lipinski definition) is 1. The Labute approximate surface area is 145 Å². The van der Waals surface area contributed by atoms with Gasteiger partial charge in [0.05, 0.1) is 25.1 Å². The topological polar surface area (TPSA) is 79.4 Å². The van der Waals surface area contributed by atoms with E-state index in [-0.39, 0.29) is 5.56 Å². The van der Waals surface area contributed by atoms with Crippen LogP contribution in [0, 0.1) is 0 Å². The molecule has 3 rings (SSSR count). The van der Waals surface area contributed by atoms with Crippen LogP contribution in [-0.2, 0) is 6.54 Å². The molecule has 1 heterocycles. The largest absolute Gasteiger partial charge is 0.493 e. The van der Waals surface area contributed by atoms with Gasteiger partial charge in [-0.2, -0.15) is 0 Å². The highest BCUT2D eigenvalue weighted by atomic mass is 16.5. The number of methoxy groups -OCH3 is 2. The number of nitrogens with zero attached hydrogens (tertiary/aromatic N) is 2. The van der Waals surface area contributed by atoms with Gasteiger partial charge < -0.3 is 15.2 Å². The van der Waals surface area contributed by atoms with E-state index in [0.29, 0.717) is 47.7 Å². The third-order valence-corrected chi connectivity index (χ3v) is 4.09. The maximum absolute atomic E-state index is 12.9. The molecule has 0 amide bonds. The summed E-state index contributed by atoms with van der Waals surface area (Å²) < 4.78 is 12.3. The van der Waals surface area contributed by atoms with Crippen LogP contribution >= 0.6 is 0 Å². The fourth-order valence-corrected chi connectivity index (χ4v) is 2.82. The van der Waals surface area contributed by atoms with Crippen molar-refractivity contribution in [3.8, 4) is 22.9 Å². The van der Waals surface area contributed by atoms with E-state index in [1.165, 1.54) is 0 Å². The van der Waals surface area contributed by atoms with Gasteiger partial charge in [-0.1, -0.05) is 12.1 Å². The fourth-order valence-electron chi connectivity index (χ4n) is 2.82. The molecule has 0 spiro atoms. The molecule has 6 heteroatoms. The van der Waals surface area contributed by atoms with Gasteiger partial charge in [0.2, 0.25) is 0 Å². The highest BCUT2D eigenvalue weighted by molar-refractivity contribution is 5.79. The first-order valence-corrected chi connectivity index (χ1v) is 8.11. The SMILES string of the molecule is COc1ccc(-c2nc3ccccc3c(=O)n2CCCN)cc1OC. The van der Waals surface area contributed by atoms with E-state index in [1.807, 2.05) is 36.4 Å². The van der Waals surface area contributed by atoms with Crippen molar-refractivity contribution in [1.82, 2.24) is 9.55 Å². The van der Waals surface area contributed by atoms with Crippen LogP contribution in [0.2, 0.25) is 0 Å². The monoisotopic (exact) mass is 339 g/mol. The van der Waals surface area contributed by atoms with Crippen LogP contribution in [0.25, 0.3) is 22.3 Å². The zero-order chi connectivity index (χ0) is 17.8. The molecule has 0 unspecified atom stereocenters. The predicted molar refractivity (Wildman–Crippen MR) is 98.2 cm³/mol. The van der Waals surface area contributed by atoms with E-state index in [0.717, 1.165) is 5.56 Å². The molecule has 0 saturated carbocycles. The Morgan fingerprint density at radius 3 is 2.56 bits per heavy atom. The third-order valence-electron chi connectivity index (χ3n) is 4.09. The van der Waals surface area contributed by atoms with E-state index >= 15 is 0 Å². The molecule has 0 bridgehead atoms. The highest BCUT2D eigenvalue weighted by Gasteiger charge is 2.14. The number of para-hydroxylation sites is 1. The predicted octanol–water partition coefficient (Wildman–Crippen LogP) is 2.43. The minimum Gasteiger partial charge on any atom is -0.493 e. The molecular weight excluding hydrogens is 318 g/mol. The van der Waals surface area contributed by atoms with Crippen LogP contribution in [0.4, 0.5) is 0 Å².